The van der Waals surface area contributed by atoms with Crippen LogP contribution in [-0.4, -0.2) is 27.1 Å². The second-order valence-electron chi connectivity index (χ2n) is 3.82. The molecule has 0 fully saturated rings. The van der Waals surface area contributed by atoms with Crippen molar-refractivity contribution in [3.05, 3.63) is 23.3 Å². The average molecular weight is 239 g/mol. The molecule has 1 aromatic rings. The van der Waals surface area contributed by atoms with Gasteiger partial charge in [-0.2, -0.15) is 0 Å². The average Bonchev–Trinajstić information content (AvgIpc) is 2.34. The Balaban J connectivity index is 2.07. The number of methoxy groups -OCH3 is 1. The Bertz CT molecular complexity index is 381. The van der Waals surface area contributed by atoms with Gasteiger partial charge in [0.25, 0.3) is 0 Å². The molecule has 0 aromatic heterocycles. The number of hydrogen-bond acceptors (Lipinski definition) is 5. The molecule has 0 atom stereocenters. The van der Waals surface area contributed by atoms with E-state index in [1.54, 1.807) is 7.11 Å². The zero-order valence-electron chi connectivity index (χ0n) is 9.90. The van der Waals surface area contributed by atoms with Gasteiger partial charge in [-0.05, 0) is 12.1 Å². The van der Waals surface area contributed by atoms with E-state index in [-0.39, 0.29) is 6.79 Å². The van der Waals surface area contributed by atoms with Crippen molar-refractivity contribution in [2.45, 2.75) is 13.2 Å². The van der Waals surface area contributed by atoms with Gasteiger partial charge >= 0.3 is 0 Å². The number of fused-ring (bicyclic) bond motifs is 1. The number of nitrogens with two attached hydrogens (primary N) is 1. The number of ether oxygens (including phenoxy) is 4. The van der Waals surface area contributed by atoms with Crippen molar-refractivity contribution in [2.24, 2.45) is 0 Å². The number of nitrogen functional groups attached to an aromatic ring is 1. The van der Waals surface area contributed by atoms with Crippen molar-refractivity contribution < 1.29 is 18.9 Å². The van der Waals surface area contributed by atoms with Crippen LogP contribution in [0.5, 0.6) is 5.75 Å². The maximum Gasteiger partial charge on any atom is 0.189 e. The molecule has 1 aliphatic rings. The van der Waals surface area contributed by atoms with Gasteiger partial charge in [0.1, 0.15) is 5.75 Å². The van der Waals surface area contributed by atoms with Crippen molar-refractivity contribution in [2.75, 3.05) is 32.9 Å². The number of rotatable bonds is 5. The molecule has 1 heterocycles. The van der Waals surface area contributed by atoms with Crippen molar-refractivity contribution in [1.29, 1.82) is 0 Å². The molecule has 0 spiro atoms. The van der Waals surface area contributed by atoms with Crippen LogP contribution in [0.1, 0.15) is 11.1 Å². The first-order valence-corrected chi connectivity index (χ1v) is 5.49. The van der Waals surface area contributed by atoms with E-state index in [2.05, 4.69) is 0 Å². The summed E-state index contributed by atoms with van der Waals surface area (Å²) in [5, 5.41) is 0. The van der Waals surface area contributed by atoms with Crippen molar-refractivity contribution in [1.82, 2.24) is 0 Å². The van der Waals surface area contributed by atoms with Crippen LogP contribution in [0, 0.1) is 0 Å². The maximum atomic E-state index is 5.82. The zero-order valence-corrected chi connectivity index (χ0v) is 9.90. The summed E-state index contributed by atoms with van der Waals surface area (Å²) in [5.74, 6) is 0.836. The standard InChI is InChI=1S/C12H17NO4/c1-14-2-3-15-6-9-4-11(13)5-10-7-16-8-17-12(9)10/h4-5H,2-3,6-8,13H2,1H3. The lowest BCUT2D eigenvalue weighted by Crippen LogP contribution is -2.14. The minimum atomic E-state index is 0.280. The molecule has 94 valence electrons. The number of hydrogen-bond donors (Lipinski definition) is 1. The van der Waals surface area contributed by atoms with Gasteiger partial charge in [-0.1, -0.05) is 0 Å². The zero-order chi connectivity index (χ0) is 12.1. The summed E-state index contributed by atoms with van der Waals surface area (Å²) < 4.78 is 21.1. The van der Waals surface area contributed by atoms with E-state index in [0.29, 0.717) is 32.1 Å². The molecule has 0 saturated heterocycles. The molecule has 1 aliphatic heterocycles. The summed E-state index contributed by atoms with van der Waals surface area (Å²) in [6.45, 7) is 2.41. The molecular weight excluding hydrogens is 222 g/mol. The lowest BCUT2D eigenvalue weighted by atomic mass is 10.1. The molecule has 0 unspecified atom stereocenters. The highest BCUT2D eigenvalue weighted by atomic mass is 16.7. The first-order chi connectivity index (χ1) is 8.31. The third-order valence-corrected chi connectivity index (χ3v) is 2.50. The maximum absolute atomic E-state index is 5.82. The lowest BCUT2D eigenvalue weighted by molar-refractivity contribution is -0.0188. The molecule has 2 N–H and O–H groups in total. The molecular formula is C12H17NO4. The van der Waals surface area contributed by atoms with Gasteiger partial charge in [0.05, 0.1) is 26.4 Å². The largest absolute Gasteiger partial charge is 0.467 e. The van der Waals surface area contributed by atoms with Crippen LogP contribution < -0.4 is 10.5 Å². The van der Waals surface area contributed by atoms with E-state index < -0.39 is 0 Å². The Kier molecular flexibility index (Phi) is 4.19. The van der Waals surface area contributed by atoms with E-state index in [1.807, 2.05) is 12.1 Å². The van der Waals surface area contributed by atoms with E-state index in [1.165, 1.54) is 0 Å². The second-order valence-corrected chi connectivity index (χ2v) is 3.82. The Morgan fingerprint density at radius 1 is 1.35 bits per heavy atom. The van der Waals surface area contributed by atoms with Gasteiger partial charge in [-0.25, -0.2) is 0 Å². The van der Waals surface area contributed by atoms with Crippen LogP contribution in [0.15, 0.2) is 12.1 Å². The summed E-state index contributed by atoms with van der Waals surface area (Å²) in [7, 11) is 1.65. The fourth-order valence-corrected chi connectivity index (χ4v) is 1.76. The molecule has 5 heteroatoms. The highest BCUT2D eigenvalue weighted by Gasteiger charge is 2.16. The van der Waals surface area contributed by atoms with Gasteiger partial charge in [0, 0.05) is 23.9 Å². The van der Waals surface area contributed by atoms with Crippen LogP contribution in [0.4, 0.5) is 5.69 Å². The van der Waals surface area contributed by atoms with Crippen LogP contribution in [0.3, 0.4) is 0 Å². The minimum Gasteiger partial charge on any atom is -0.467 e. The Morgan fingerprint density at radius 3 is 3.06 bits per heavy atom. The predicted octanol–water partition coefficient (Wildman–Crippen LogP) is 1.30. The van der Waals surface area contributed by atoms with Gasteiger partial charge in [0.15, 0.2) is 6.79 Å². The highest BCUT2D eigenvalue weighted by Crippen LogP contribution is 2.31. The summed E-state index contributed by atoms with van der Waals surface area (Å²) in [6.07, 6.45) is 0. The van der Waals surface area contributed by atoms with Crippen LogP contribution in [-0.2, 0) is 27.4 Å². The first kappa shape index (κ1) is 12.2. The summed E-state index contributed by atoms with van der Waals surface area (Å²) in [4.78, 5) is 0. The van der Waals surface area contributed by atoms with E-state index in [9.17, 15) is 0 Å². The van der Waals surface area contributed by atoms with Crippen molar-refractivity contribution in [3.8, 4) is 5.75 Å². The summed E-state index contributed by atoms with van der Waals surface area (Å²) in [5.41, 5.74) is 8.45. The van der Waals surface area contributed by atoms with Crippen LogP contribution >= 0.6 is 0 Å². The van der Waals surface area contributed by atoms with Crippen LogP contribution in [0.2, 0.25) is 0 Å². The molecule has 5 nitrogen and oxygen atoms in total. The molecule has 0 aliphatic carbocycles. The SMILES string of the molecule is COCCOCc1cc(N)cc2c1OCOC2. The molecule has 0 bridgehead atoms. The quantitative estimate of drug-likeness (QED) is 0.619. The molecule has 2 rings (SSSR count). The third-order valence-electron chi connectivity index (χ3n) is 2.50. The first-order valence-electron chi connectivity index (χ1n) is 5.49. The predicted molar refractivity (Wildman–Crippen MR) is 62.7 cm³/mol. The fourth-order valence-electron chi connectivity index (χ4n) is 1.76. The lowest BCUT2D eigenvalue weighted by Gasteiger charge is -2.21. The fraction of sp³-hybridized carbons (Fsp3) is 0.500. The normalized spacial score (nSPS) is 14.2. The molecule has 1 aromatic carbocycles. The van der Waals surface area contributed by atoms with Crippen molar-refractivity contribution in [3.63, 3.8) is 0 Å². The van der Waals surface area contributed by atoms with Crippen molar-refractivity contribution >= 4 is 5.69 Å². The minimum absolute atomic E-state index is 0.280. The molecule has 0 saturated carbocycles. The second kappa shape index (κ2) is 5.86. The van der Waals surface area contributed by atoms with Crippen LogP contribution in [0.25, 0.3) is 0 Å². The summed E-state index contributed by atoms with van der Waals surface area (Å²) in [6, 6.07) is 3.74. The van der Waals surface area contributed by atoms with Gasteiger partial charge in [-0.3, -0.25) is 0 Å². The third kappa shape index (κ3) is 3.09. The molecule has 17 heavy (non-hydrogen) atoms. The Hall–Kier alpha value is -1.30. The monoisotopic (exact) mass is 239 g/mol. The number of anilines is 1. The smallest absolute Gasteiger partial charge is 0.189 e. The molecule has 0 radical (unpaired) electrons. The topological polar surface area (TPSA) is 62.9 Å². The van der Waals surface area contributed by atoms with Gasteiger partial charge in [-0.15, -0.1) is 0 Å². The van der Waals surface area contributed by atoms with E-state index >= 15 is 0 Å². The highest BCUT2D eigenvalue weighted by molar-refractivity contribution is 5.53. The molecule has 0 amide bonds. The van der Waals surface area contributed by atoms with Gasteiger partial charge < -0.3 is 24.7 Å². The Labute approximate surface area is 100 Å². The summed E-state index contributed by atoms with van der Waals surface area (Å²) >= 11 is 0. The van der Waals surface area contributed by atoms with E-state index in [0.717, 1.165) is 16.9 Å². The number of benzene rings is 1. The van der Waals surface area contributed by atoms with Gasteiger partial charge in [0.2, 0.25) is 0 Å². The Morgan fingerprint density at radius 2 is 2.24 bits per heavy atom. The van der Waals surface area contributed by atoms with E-state index in [4.69, 9.17) is 24.7 Å².